The van der Waals surface area contributed by atoms with Gasteiger partial charge in [0.2, 0.25) is 0 Å². The topological polar surface area (TPSA) is 35.2 Å². The van der Waals surface area contributed by atoms with Gasteiger partial charge in [-0.15, -0.1) is 0 Å². The molecule has 3 rings (SSSR count). The van der Waals surface area contributed by atoms with Crippen molar-refractivity contribution < 1.29 is 4.74 Å². The van der Waals surface area contributed by atoms with Gasteiger partial charge < -0.3 is 10.5 Å². The molecule has 0 radical (unpaired) electrons. The molecule has 2 aromatic rings. The van der Waals surface area contributed by atoms with E-state index in [1.807, 2.05) is 19.1 Å². The Balaban J connectivity index is 1.78. The van der Waals surface area contributed by atoms with E-state index in [0.29, 0.717) is 0 Å². The Kier molecular flexibility index (Phi) is 3.75. The summed E-state index contributed by atoms with van der Waals surface area (Å²) in [5, 5.41) is 0. The van der Waals surface area contributed by atoms with Gasteiger partial charge in [-0.05, 0) is 55.0 Å². The molecule has 2 heteroatoms. The van der Waals surface area contributed by atoms with Crippen LogP contribution in [0.15, 0.2) is 48.5 Å². The summed E-state index contributed by atoms with van der Waals surface area (Å²) < 4.78 is 6.18. The number of nitrogens with two attached hydrogens (primary N) is 1. The minimum atomic E-state index is 0.0689. The van der Waals surface area contributed by atoms with E-state index >= 15 is 0 Å². The monoisotopic (exact) mass is 267 g/mol. The van der Waals surface area contributed by atoms with Crippen molar-refractivity contribution in [2.75, 3.05) is 0 Å². The quantitative estimate of drug-likeness (QED) is 0.906. The lowest BCUT2D eigenvalue weighted by Crippen LogP contribution is -2.15. The van der Waals surface area contributed by atoms with Crippen LogP contribution in [-0.2, 0) is 6.42 Å². The number of fused-ring (bicyclic) bond motifs is 1. The van der Waals surface area contributed by atoms with Crippen molar-refractivity contribution in [2.45, 2.75) is 38.3 Å². The summed E-state index contributed by atoms with van der Waals surface area (Å²) >= 11 is 0. The minimum Gasteiger partial charge on any atom is -0.486 e. The van der Waals surface area contributed by atoms with Gasteiger partial charge in [-0.3, -0.25) is 0 Å². The van der Waals surface area contributed by atoms with Gasteiger partial charge in [-0.1, -0.05) is 36.4 Å². The van der Waals surface area contributed by atoms with Gasteiger partial charge in [-0.2, -0.15) is 0 Å². The van der Waals surface area contributed by atoms with Crippen molar-refractivity contribution in [2.24, 2.45) is 5.73 Å². The molecule has 1 aliphatic carbocycles. The lowest BCUT2D eigenvalue weighted by Gasteiger charge is -2.26. The van der Waals surface area contributed by atoms with E-state index in [-0.39, 0.29) is 12.1 Å². The third-order valence-corrected chi connectivity index (χ3v) is 4.00. The molecule has 0 spiro atoms. The van der Waals surface area contributed by atoms with Crippen LogP contribution in [0.5, 0.6) is 5.75 Å². The van der Waals surface area contributed by atoms with E-state index in [4.69, 9.17) is 10.5 Å². The Bertz CT molecular complexity index is 574. The molecule has 0 bridgehead atoms. The van der Waals surface area contributed by atoms with Gasteiger partial charge in [0.1, 0.15) is 11.9 Å². The van der Waals surface area contributed by atoms with Gasteiger partial charge in [0.05, 0.1) is 0 Å². The second-order valence-electron chi connectivity index (χ2n) is 5.56. The molecule has 0 aliphatic heterocycles. The zero-order chi connectivity index (χ0) is 13.9. The minimum absolute atomic E-state index is 0.0689. The van der Waals surface area contributed by atoms with E-state index in [1.165, 1.54) is 24.0 Å². The molecular weight excluding hydrogens is 246 g/mol. The molecule has 2 nitrogen and oxygen atoms in total. The number of hydrogen-bond acceptors (Lipinski definition) is 2. The molecule has 0 saturated carbocycles. The Morgan fingerprint density at radius 3 is 2.60 bits per heavy atom. The van der Waals surface area contributed by atoms with Crippen LogP contribution in [-0.4, -0.2) is 0 Å². The maximum Gasteiger partial charge on any atom is 0.124 e. The van der Waals surface area contributed by atoms with Crippen LogP contribution in [0.25, 0.3) is 0 Å². The predicted octanol–water partition coefficient (Wildman–Crippen LogP) is 4.16. The Morgan fingerprint density at radius 1 is 1.10 bits per heavy atom. The molecule has 2 atom stereocenters. The Hall–Kier alpha value is -1.80. The zero-order valence-electron chi connectivity index (χ0n) is 11.9. The van der Waals surface area contributed by atoms with Crippen molar-refractivity contribution in [1.29, 1.82) is 0 Å². The average Bonchev–Trinajstić information content (AvgIpc) is 2.48. The van der Waals surface area contributed by atoms with Gasteiger partial charge >= 0.3 is 0 Å². The molecular formula is C18H21NO. The first-order valence-electron chi connectivity index (χ1n) is 7.34. The van der Waals surface area contributed by atoms with Crippen LogP contribution >= 0.6 is 0 Å². The fourth-order valence-corrected chi connectivity index (χ4v) is 2.85. The summed E-state index contributed by atoms with van der Waals surface area (Å²) in [6.07, 6.45) is 3.63. The van der Waals surface area contributed by atoms with Gasteiger partial charge in [-0.25, -0.2) is 0 Å². The van der Waals surface area contributed by atoms with E-state index in [1.54, 1.807) is 0 Å². The van der Waals surface area contributed by atoms with Crippen LogP contribution in [0.3, 0.4) is 0 Å². The van der Waals surface area contributed by atoms with Crippen molar-refractivity contribution in [1.82, 2.24) is 0 Å². The van der Waals surface area contributed by atoms with E-state index in [0.717, 1.165) is 17.7 Å². The SMILES string of the molecule is CC(N)c1ccc(OC2CCCc3ccccc32)cc1. The smallest absolute Gasteiger partial charge is 0.124 e. The first-order chi connectivity index (χ1) is 9.74. The highest BCUT2D eigenvalue weighted by atomic mass is 16.5. The molecule has 1 aliphatic rings. The largest absolute Gasteiger partial charge is 0.486 e. The normalized spacial score (nSPS) is 19.2. The first-order valence-corrected chi connectivity index (χ1v) is 7.34. The van der Waals surface area contributed by atoms with Crippen molar-refractivity contribution in [3.63, 3.8) is 0 Å². The highest BCUT2D eigenvalue weighted by Crippen LogP contribution is 2.33. The molecule has 2 aromatic carbocycles. The average molecular weight is 267 g/mol. The lowest BCUT2D eigenvalue weighted by atomic mass is 9.89. The number of ether oxygens (including phenoxy) is 1. The second-order valence-corrected chi connectivity index (χ2v) is 5.56. The van der Waals surface area contributed by atoms with Crippen LogP contribution in [0.1, 0.15) is 48.6 Å². The molecule has 0 fully saturated rings. The van der Waals surface area contributed by atoms with E-state index < -0.39 is 0 Å². The first kappa shape index (κ1) is 13.2. The fraction of sp³-hybridized carbons (Fsp3) is 0.333. The maximum absolute atomic E-state index is 6.18. The summed E-state index contributed by atoms with van der Waals surface area (Å²) in [4.78, 5) is 0. The molecule has 104 valence electrons. The number of benzene rings is 2. The van der Waals surface area contributed by atoms with Crippen LogP contribution < -0.4 is 10.5 Å². The summed E-state index contributed by atoms with van der Waals surface area (Å²) in [5.74, 6) is 0.927. The molecule has 0 saturated heterocycles. The number of hydrogen-bond donors (Lipinski definition) is 1. The van der Waals surface area contributed by atoms with Gasteiger partial charge in [0.15, 0.2) is 0 Å². The van der Waals surface area contributed by atoms with Crippen LogP contribution in [0, 0.1) is 0 Å². The van der Waals surface area contributed by atoms with Crippen LogP contribution in [0.2, 0.25) is 0 Å². The van der Waals surface area contributed by atoms with Crippen LogP contribution in [0.4, 0.5) is 0 Å². The van der Waals surface area contributed by atoms with E-state index in [2.05, 4.69) is 36.4 Å². The highest BCUT2D eigenvalue weighted by Gasteiger charge is 2.21. The summed E-state index contributed by atoms with van der Waals surface area (Å²) in [5.41, 5.74) is 9.78. The molecule has 20 heavy (non-hydrogen) atoms. The summed E-state index contributed by atoms with van der Waals surface area (Å²) in [7, 11) is 0. The molecule has 2 unspecified atom stereocenters. The Labute approximate surface area is 120 Å². The van der Waals surface area contributed by atoms with Crippen molar-refractivity contribution >= 4 is 0 Å². The Morgan fingerprint density at radius 2 is 1.85 bits per heavy atom. The summed E-state index contributed by atoms with van der Waals surface area (Å²) in [6.45, 7) is 1.99. The van der Waals surface area contributed by atoms with Gasteiger partial charge in [0, 0.05) is 6.04 Å². The molecule has 2 N–H and O–H groups in total. The predicted molar refractivity (Wildman–Crippen MR) is 81.8 cm³/mol. The number of rotatable bonds is 3. The summed E-state index contributed by atoms with van der Waals surface area (Å²) in [6, 6.07) is 16.8. The molecule has 0 heterocycles. The maximum atomic E-state index is 6.18. The highest BCUT2D eigenvalue weighted by molar-refractivity contribution is 5.34. The third-order valence-electron chi connectivity index (χ3n) is 4.00. The lowest BCUT2D eigenvalue weighted by molar-refractivity contribution is 0.183. The third kappa shape index (κ3) is 2.70. The van der Waals surface area contributed by atoms with Crippen molar-refractivity contribution in [3.05, 3.63) is 65.2 Å². The zero-order valence-corrected chi connectivity index (χ0v) is 11.9. The standard InChI is InChI=1S/C18H21NO/c1-13(19)14-9-11-16(12-10-14)20-18-8-4-6-15-5-2-3-7-17(15)18/h2-3,5,7,9-13,18H,4,6,8,19H2,1H3. The second kappa shape index (κ2) is 5.68. The van der Waals surface area contributed by atoms with E-state index in [9.17, 15) is 0 Å². The molecule has 0 aromatic heterocycles. The molecule has 0 amide bonds. The fourth-order valence-electron chi connectivity index (χ4n) is 2.85. The van der Waals surface area contributed by atoms with Crippen molar-refractivity contribution in [3.8, 4) is 5.75 Å². The number of aryl methyl sites for hydroxylation is 1. The van der Waals surface area contributed by atoms with Gasteiger partial charge in [0.25, 0.3) is 0 Å².